The summed E-state index contributed by atoms with van der Waals surface area (Å²) < 4.78 is 10.3. The van der Waals surface area contributed by atoms with Crippen LogP contribution < -0.4 is 5.32 Å². The van der Waals surface area contributed by atoms with Crippen LogP contribution in [0.2, 0.25) is 0 Å². The van der Waals surface area contributed by atoms with E-state index >= 15 is 0 Å². The lowest BCUT2D eigenvalue weighted by atomic mass is 9.76. The van der Waals surface area contributed by atoms with Crippen LogP contribution in [0.1, 0.15) is 26.7 Å². The smallest absolute Gasteiger partial charge is 0.313 e. The van der Waals surface area contributed by atoms with E-state index < -0.39 is 0 Å². The molecule has 1 aliphatic rings. The van der Waals surface area contributed by atoms with E-state index in [0.29, 0.717) is 19.1 Å². The zero-order valence-corrected chi connectivity index (χ0v) is 10.5. The maximum atomic E-state index is 12.1. The third-order valence-corrected chi connectivity index (χ3v) is 3.43. The van der Waals surface area contributed by atoms with Crippen LogP contribution in [0, 0.1) is 11.3 Å². The molecular weight excluding hydrogens is 206 g/mol. The molecule has 1 saturated heterocycles. The fraction of sp³-hybridized carbons (Fsp3) is 0.917. The number of hydrogen-bond acceptors (Lipinski definition) is 4. The molecule has 0 spiro atoms. The van der Waals surface area contributed by atoms with Gasteiger partial charge in [0.15, 0.2) is 0 Å². The van der Waals surface area contributed by atoms with E-state index in [1.165, 1.54) is 0 Å². The summed E-state index contributed by atoms with van der Waals surface area (Å²) in [6.45, 7) is 6.92. The van der Waals surface area contributed by atoms with Gasteiger partial charge < -0.3 is 14.8 Å². The first-order chi connectivity index (χ1) is 7.63. The molecule has 0 aromatic carbocycles. The number of esters is 1. The van der Waals surface area contributed by atoms with Gasteiger partial charge in [0.2, 0.25) is 0 Å². The highest BCUT2D eigenvalue weighted by Crippen LogP contribution is 2.35. The Balaban J connectivity index is 2.43. The van der Waals surface area contributed by atoms with E-state index in [1.807, 2.05) is 0 Å². The Bertz CT molecular complexity index is 222. The summed E-state index contributed by atoms with van der Waals surface area (Å²) in [6, 6.07) is 0. The molecule has 0 radical (unpaired) electrons. The lowest BCUT2D eigenvalue weighted by molar-refractivity contribution is -0.157. The topological polar surface area (TPSA) is 47.6 Å². The molecule has 0 aliphatic carbocycles. The number of methoxy groups -OCH3 is 1. The summed E-state index contributed by atoms with van der Waals surface area (Å²) in [7, 11) is 1.65. The minimum atomic E-state index is -0.312. The normalized spacial score (nSPS) is 25.0. The average Bonchev–Trinajstić information content (AvgIpc) is 2.74. The largest absolute Gasteiger partial charge is 0.465 e. The Morgan fingerprint density at radius 2 is 2.19 bits per heavy atom. The van der Waals surface area contributed by atoms with Crippen molar-refractivity contribution in [2.75, 3.05) is 33.4 Å². The van der Waals surface area contributed by atoms with Crippen molar-refractivity contribution in [1.82, 2.24) is 5.32 Å². The molecule has 0 bridgehead atoms. The molecule has 4 heteroatoms. The summed E-state index contributed by atoms with van der Waals surface area (Å²) in [6.07, 6.45) is 1.65. The Kier molecular flexibility index (Phi) is 5.22. The van der Waals surface area contributed by atoms with Gasteiger partial charge in [0.1, 0.15) is 0 Å². The van der Waals surface area contributed by atoms with Crippen LogP contribution in [-0.2, 0) is 14.3 Å². The van der Waals surface area contributed by atoms with Gasteiger partial charge in [0, 0.05) is 26.7 Å². The second kappa shape index (κ2) is 6.21. The van der Waals surface area contributed by atoms with E-state index in [-0.39, 0.29) is 11.4 Å². The van der Waals surface area contributed by atoms with Gasteiger partial charge in [0.05, 0.1) is 12.0 Å². The molecule has 0 aromatic rings. The Labute approximate surface area is 97.7 Å². The Hall–Kier alpha value is -0.610. The molecule has 4 nitrogen and oxygen atoms in total. The second-order valence-electron chi connectivity index (χ2n) is 4.72. The molecular formula is C12H23NO3. The summed E-state index contributed by atoms with van der Waals surface area (Å²) in [5.41, 5.74) is -0.312. The Morgan fingerprint density at radius 1 is 1.44 bits per heavy atom. The van der Waals surface area contributed by atoms with E-state index in [9.17, 15) is 4.79 Å². The minimum absolute atomic E-state index is 0.0522. The first-order valence-corrected chi connectivity index (χ1v) is 6.00. The molecule has 0 saturated carbocycles. The van der Waals surface area contributed by atoms with Crippen LogP contribution in [0.3, 0.4) is 0 Å². The summed E-state index contributed by atoms with van der Waals surface area (Å²) in [5.74, 6) is 0.265. The van der Waals surface area contributed by atoms with Crippen LogP contribution in [0.25, 0.3) is 0 Å². The highest BCUT2D eigenvalue weighted by Gasteiger charge is 2.45. The van der Waals surface area contributed by atoms with Crippen LogP contribution in [0.5, 0.6) is 0 Å². The fourth-order valence-electron chi connectivity index (χ4n) is 2.13. The maximum Gasteiger partial charge on any atom is 0.313 e. The van der Waals surface area contributed by atoms with Gasteiger partial charge in [-0.25, -0.2) is 0 Å². The molecule has 1 heterocycles. The SMILES string of the molecule is COCCCOC(=O)C1(C(C)C)CCNC1. The minimum Gasteiger partial charge on any atom is -0.465 e. The first-order valence-electron chi connectivity index (χ1n) is 6.00. The maximum absolute atomic E-state index is 12.1. The van der Waals surface area contributed by atoms with Crippen molar-refractivity contribution >= 4 is 5.97 Å². The predicted octanol–water partition coefficient (Wildman–Crippen LogP) is 1.20. The van der Waals surface area contributed by atoms with Crippen molar-refractivity contribution in [1.29, 1.82) is 0 Å². The molecule has 1 unspecified atom stereocenters. The summed E-state index contributed by atoms with van der Waals surface area (Å²) in [4.78, 5) is 12.1. The number of ether oxygens (including phenoxy) is 2. The van der Waals surface area contributed by atoms with Gasteiger partial charge in [-0.05, 0) is 18.9 Å². The number of rotatable bonds is 6. The van der Waals surface area contributed by atoms with Crippen molar-refractivity contribution < 1.29 is 14.3 Å². The molecule has 1 fully saturated rings. The number of nitrogens with one attached hydrogen (secondary N) is 1. The molecule has 1 aliphatic heterocycles. The number of hydrogen-bond donors (Lipinski definition) is 1. The van der Waals surface area contributed by atoms with Crippen LogP contribution in [-0.4, -0.2) is 39.4 Å². The van der Waals surface area contributed by atoms with Crippen molar-refractivity contribution in [2.45, 2.75) is 26.7 Å². The molecule has 0 aromatic heterocycles. The lowest BCUT2D eigenvalue weighted by Crippen LogP contribution is -2.40. The Morgan fingerprint density at radius 3 is 2.69 bits per heavy atom. The molecule has 1 rings (SSSR count). The third-order valence-electron chi connectivity index (χ3n) is 3.43. The van der Waals surface area contributed by atoms with Gasteiger partial charge in [-0.15, -0.1) is 0 Å². The van der Waals surface area contributed by atoms with Gasteiger partial charge in [-0.3, -0.25) is 4.79 Å². The fourth-order valence-corrected chi connectivity index (χ4v) is 2.13. The van der Waals surface area contributed by atoms with E-state index in [0.717, 1.165) is 25.9 Å². The molecule has 94 valence electrons. The standard InChI is InChI=1S/C12H23NO3/c1-10(2)12(5-6-13-9-12)11(14)16-8-4-7-15-3/h10,13H,4-9H2,1-3H3. The van der Waals surface area contributed by atoms with Gasteiger partial charge in [-0.1, -0.05) is 13.8 Å². The monoisotopic (exact) mass is 229 g/mol. The van der Waals surface area contributed by atoms with E-state index in [4.69, 9.17) is 9.47 Å². The number of carbonyl (C=O) groups is 1. The zero-order chi connectivity index (χ0) is 12.0. The summed E-state index contributed by atoms with van der Waals surface area (Å²) in [5, 5.41) is 3.25. The number of carbonyl (C=O) groups excluding carboxylic acids is 1. The molecule has 1 N–H and O–H groups in total. The van der Waals surface area contributed by atoms with Crippen molar-refractivity contribution in [3.05, 3.63) is 0 Å². The molecule has 0 amide bonds. The summed E-state index contributed by atoms with van der Waals surface area (Å²) >= 11 is 0. The predicted molar refractivity (Wildman–Crippen MR) is 62.2 cm³/mol. The van der Waals surface area contributed by atoms with E-state index in [1.54, 1.807) is 7.11 Å². The van der Waals surface area contributed by atoms with E-state index in [2.05, 4.69) is 19.2 Å². The average molecular weight is 229 g/mol. The van der Waals surface area contributed by atoms with Crippen molar-refractivity contribution in [3.8, 4) is 0 Å². The molecule has 16 heavy (non-hydrogen) atoms. The highest BCUT2D eigenvalue weighted by molar-refractivity contribution is 5.78. The van der Waals surface area contributed by atoms with Crippen molar-refractivity contribution in [2.24, 2.45) is 11.3 Å². The van der Waals surface area contributed by atoms with Crippen LogP contribution in [0.4, 0.5) is 0 Å². The molecule has 1 atom stereocenters. The lowest BCUT2D eigenvalue weighted by Gasteiger charge is -2.29. The van der Waals surface area contributed by atoms with Crippen LogP contribution in [0.15, 0.2) is 0 Å². The third kappa shape index (κ3) is 2.95. The highest BCUT2D eigenvalue weighted by atomic mass is 16.5. The van der Waals surface area contributed by atoms with Crippen LogP contribution >= 0.6 is 0 Å². The van der Waals surface area contributed by atoms with Crippen molar-refractivity contribution in [3.63, 3.8) is 0 Å². The van der Waals surface area contributed by atoms with Gasteiger partial charge in [0.25, 0.3) is 0 Å². The quantitative estimate of drug-likeness (QED) is 0.549. The zero-order valence-electron chi connectivity index (χ0n) is 10.5. The van der Waals surface area contributed by atoms with Gasteiger partial charge in [-0.2, -0.15) is 0 Å². The van der Waals surface area contributed by atoms with Gasteiger partial charge >= 0.3 is 5.97 Å². The second-order valence-corrected chi connectivity index (χ2v) is 4.72. The first kappa shape index (κ1) is 13.5.